The molecule has 0 bridgehead atoms. The molecule has 0 aliphatic heterocycles. The summed E-state index contributed by atoms with van der Waals surface area (Å²) in [6.45, 7) is 0.0460. The van der Waals surface area contributed by atoms with Crippen LogP contribution in [0.4, 0.5) is 18.9 Å². The van der Waals surface area contributed by atoms with Crippen molar-refractivity contribution in [3.05, 3.63) is 85.1 Å². The Morgan fingerprint density at radius 3 is 2.53 bits per heavy atom. The van der Waals surface area contributed by atoms with Crippen LogP contribution in [0, 0.1) is 6.92 Å². The minimum Gasteiger partial charge on any atom is -0.495 e. The minimum absolute atomic E-state index is 0.154. The van der Waals surface area contributed by atoms with Crippen molar-refractivity contribution in [3.8, 4) is 22.7 Å². The maximum Gasteiger partial charge on any atom is 0.406 e. The molecule has 0 unspecified atom stereocenters. The number of aromatic nitrogens is 5. The van der Waals surface area contributed by atoms with E-state index in [0.717, 1.165) is 27.1 Å². The van der Waals surface area contributed by atoms with Crippen LogP contribution in [0.15, 0.2) is 79.4 Å². The number of amides is 1. The van der Waals surface area contributed by atoms with Gasteiger partial charge >= 0.3 is 6.18 Å². The number of alkyl halides is 3. The van der Waals surface area contributed by atoms with Crippen molar-refractivity contribution in [3.63, 3.8) is 0 Å². The molecular weight excluding hydrogens is 497 g/mol. The van der Waals surface area contributed by atoms with Crippen LogP contribution >= 0.6 is 0 Å². The highest BCUT2D eigenvalue weighted by Gasteiger charge is 2.34. The molecule has 1 amide bonds. The maximum absolute atomic E-state index is 13.4. The predicted octanol–water partition coefficient (Wildman–Crippen LogP) is 5.20. The molecule has 0 atom stereocenters. The lowest BCUT2D eigenvalue weighted by molar-refractivity contribution is -0.132. The van der Waals surface area contributed by atoms with Gasteiger partial charge < -0.3 is 14.2 Å². The second-order valence-electron chi connectivity index (χ2n) is 8.74. The molecule has 3 aromatic carbocycles. The number of methoxy groups -OCH3 is 1. The first-order valence-electron chi connectivity index (χ1n) is 11.7. The Bertz CT molecular complexity index is 1610. The summed E-state index contributed by atoms with van der Waals surface area (Å²) in [5.74, 6) is -0.198. The summed E-state index contributed by atoms with van der Waals surface area (Å²) in [7, 11) is 1.55. The smallest absolute Gasteiger partial charge is 0.406 e. The first kappa shape index (κ1) is 25.0. The van der Waals surface area contributed by atoms with Crippen LogP contribution in [0.3, 0.4) is 0 Å². The molecule has 5 aromatic rings. The minimum atomic E-state index is -4.58. The zero-order valence-electron chi connectivity index (χ0n) is 20.6. The van der Waals surface area contributed by atoms with Gasteiger partial charge in [-0.1, -0.05) is 41.6 Å². The number of ether oxygens (including phenoxy) is 1. The van der Waals surface area contributed by atoms with Gasteiger partial charge in [-0.05, 0) is 42.0 Å². The number of imidazole rings is 1. The molecule has 2 heterocycles. The van der Waals surface area contributed by atoms with Crippen molar-refractivity contribution in [1.82, 2.24) is 24.5 Å². The van der Waals surface area contributed by atoms with Crippen LogP contribution in [-0.2, 0) is 11.3 Å². The first-order valence-corrected chi connectivity index (χ1v) is 11.7. The Kier molecular flexibility index (Phi) is 6.58. The van der Waals surface area contributed by atoms with Gasteiger partial charge in [0.15, 0.2) is 0 Å². The summed E-state index contributed by atoms with van der Waals surface area (Å²) in [4.78, 5) is 18.0. The van der Waals surface area contributed by atoms with Crippen LogP contribution in [0.25, 0.3) is 27.7 Å². The summed E-state index contributed by atoms with van der Waals surface area (Å²) in [5, 5.41) is 9.69. The Morgan fingerprint density at radius 2 is 1.82 bits per heavy atom. The summed E-state index contributed by atoms with van der Waals surface area (Å²) in [6.07, 6.45) is 0.472. The maximum atomic E-state index is 13.4. The van der Waals surface area contributed by atoms with Gasteiger partial charge in [0.2, 0.25) is 5.91 Å². The lowest BCUT2D eigenvalue weighted by Gasteiger charge is -2.24. The molecule has 38 heavy (non-hydrogen) atoms. The van der Waals surface area contributed by atoms with E-state index in [-0.39, 0.29) is 5.69 Å². The van der Waals surface area contributed by atoms with Crippen molar-refractivity contribution in [2.75, 3.05) is 18.6 Å². The van der Waals surface area contributed by atoms with Crippen molar-refractivity contribution in [2.45, 2.75) is 19.6 Å². The summed E-state index contributed by atoms with van der Waals surface area (Å²) < 4.78 is 48.8. The van der Waals surface area contributed by atoms with Crippen molar-refractivity contribution >= 4 is 22.4 Å². The van der Waals surface area contributed by atoms with E-state index in [0.29, 0.717) is 17.0 Å². The molecule has 0 aliphatic carbocycles. The molecule has 11 heteroatoms. The largest absolute Gasteiger partial charge is 0.495 e. The number of rotatable bonds is 7. The standard InChI is InChI=1S/C27H23F3N6O2/c1-18-13-34(17-31-18)24-10-8-21(12-25(24)38-2)23-14-35(33-32-23)15-26(37)36(16-27(28,29)30)22-9-7-19-5-3-4-6-20(19)11-22/h3-14,17H,15-16H2,1-2H3. The molecule has 0 aliphatic rings. The molecule has 0 fully saturated rings. The van der Waals surface area contributed by atoms with Gasteiger partial charge in [0.1, 0.15) is 24.5 Å². The average molecular weight is 521 g/mol. The molecule has 8 nitrogen and oxygen atoms in total. The number of anilines is 1. The lowest BCUT2D eigenvalue weighted by atomic mass is 10.1. The highest BCUT2D eigenvalue weighted by atomic mass is 19.4. The highest BCUT2D eigenvalue weighted by Crippen LogP contribution is 2.30. The van der Waals surface area contributed by atoms with E-state index in [1.54, 1.807) is 43.8 Å². The van der Waals surface area contributed by atoms with Crippen LogP contribution in [0.2, 0.25) is 0 Å². The topological polar surface area (TPSA) is 78.1 Å². The molecule has 0 saturated carbocycles. The van der Waals surface area contributed by atoms with E-state index in [1.165, 1.54) is 16.9 Å². The van der Waals surface area contributed by atoms with Gasteiger partial charge in [-0.15, -0.1) is 5.10 Å². The number of halogens is 3. The second kappa shape index (κ2) is 10.0. The van der Waals surface area contributed by atoms with Crippen LogP contribution in [0.5, 0.6) is 5.75 Å². The van der Waals surface area contributed by atoms with Gasteiger partial charge in [0, 0.05) is 17.4 Å². The molecule has 5 rings (SSSR count). The van der Waals surface area contributed by atoms with E-state index in [2.05, 4.69) is 15.3 Å². The van der Waals surface area contributed by atoms with Crippen LogP contribution in [0.1, 0.15) is 5.69 Å². The van der Waals surface area contributed by atoms with E-state index in [1.807, 2.05) is 42.0 Å². The third kappa shape index (κ3) is 5.36. The fourth-order valence-corrected chi connectivity index (χ4v) is 4.18. The van der Waals surface area contributed by atoms with Crippen molar-refractivity contribution < 1.29 is 22.7 Å². The third-order valence-corrected chi connectivity index (χ3v) is 5.98. The fraction of sp³-hybridized carbons (Fsp3) is 0.185. The Hall–Kier alpha value is -4.67. The average Bonchev–Trinajstić information content (AvgIpc) is 3.55. The zero-order valence-corrected chi connectivity index (χ0v) is 20.6. The quantitative estimate of drug-likeness (QED) is 0.295. The molecule has 0 radical (unpaired) electrons. The normalized spacial score (nSPS) is 11.6. The number of nitrogens with zero attached hydrogens (tertiary/aromatic N) is 6. The van der Waals surface area contributed by atoms with Gasteiger partial charge in [-0.2, -0.15) is 13.2 Å². The van der Waals surface area contributed by atoms with Gasteiger partial charge in [0.05, 0.1) is 31.0 Å². The van der Waals surface area contributed by atoms with Gasteiger partial charge in [0.25, 0.3) is 0 Å². The number of hydrogen-bond donors (Lipinski definition) is 0. The number of carbonyl (C=O) groups excluding carboxylic acids is 1. The number of hydrogen-bond acceptors (Lipinski definition) is 5. The van der Waals surface area contributed by atoms with E-state index in [9.17, 15) is 18.0 Å². The van der Waals surface area contributed by atoms with Crippen molar-refractivity contribution in [2.24, 2.45) is 0 Å². The molecule has 194 valence electrons. The summed E-state index contributed by atoms with van der Waals surface area (Å²) in [5.41, 5.74) is 2.89. The van der Waals surface area contributed by atoms with Crippen LogP contribution in [-0.4, -0.2) is 50.3 Å². The number of aryl methyl sites for hydroxylation is 1. The zero-order chi connectivity index (χ0) is 26.9. The molecule has 0 spiro atoms. The highest BCUT2D eigenvalue weighted by molar-refractivity contribution is 5.96. The fourth-order valence-electron chi connectivity index (χ4n) is 4.18. The third-order valence-electron chi connectivity index (χ3n) is 5.98. The first-order chi connectivity index (χ1) is 18.2. The SMILES string of the molecule is COc1cc(-c2cn(CC(=O)N(CC(F)(F)F)c3ccc4ccccc4c3)nn2)ccc1-n1cnc(C)c1. The Balaban J connectivity index is 1.39. The molecule has 0 saturated heterocycles. The molecule has 2 aromatic heterocycles. The van der Waals surface area contributed by atoms with Gasteiger partial charge in [-0.25, -0.2) is 9.67 Å². The van der Waals surface area contributed by atoms with E-state index < -0.39 is 25.2 Å². The second-order valence-corrected chi connectivity index (χ2v) is 8.74. The Morgan fingerprint density at radius 1 is 1.03 bits per heavy atom. The number of carbonyl (C=O) groups is 1. The summed E-state index contributed by atoms with van der Waals surface area (Å²) >= 11 is 0. The Labute approximate surface area is 215 Å². The van der Waals surface area contributed by atoms with Gasteiger partial charge in [-0.3, -0.25) is 4.79 Å². The lowest BCUT2D eigenvalue weighted by Crippen LogP contribution is -2.41. The monoisotopic (exact) mass is 520 g/mol. The summed E-state index contributed by atoms with van der Waals surface area (Å²) in [6, 6.07) is 17.5. The van der Waals surface area contributed by atoms with Crippen LogP contribution < -0.4 is 9.64 Å². The number of fused-ring (bicyclic) bond motifs is 1. The molecular formula is C27H23F3N6O2. The number of benzene rings is 3. The van der Waals surface area contributed by atoms with E-state index >= 15 is 0 Å². The van der Waals surface area contributed by atoms with Crippen molar-refractivity contribution in [1.29, 1.82) is 0 Å². The molecule has 0 N–H and O–H groups in total. The van der Waals surface area contributed by atoms with E-state index in [4.69, 9.17) is 4.74 Å². The predicted molar refractivity (Wildman–Crippen MR) is 136 cm³/mol.